The second-order valence-electron chi connectivity index (χ2n) is 3.76. The molecule has 3 rings (SSSR count). The Morgan fingerprint density at radius 3 is 2.89 bits per heavy atom. The van der Waals surface area contributed by atoms with E-state index in [1.54, 1.807) is 30.2 Å². The fourth-order valence-corrected chi connectivity index (χ4v) is 1.90. The van der Waals surface area contributed by atoms with Crippen LogP contribution in [0.1, 0.15) is 10.5 Å². The number of nitrogens with zero attached hydrogens (tertiary/aromatic N) is 5. The maximum Gasteiger partial charge on any atom is 0.355 e. The summed E-state index contributed by atoms with van der Waals surface area (Å²) in [6.45, 7) is 0. The minimum absolute atomic E-state index is 0.107. The van der Waals surface area contributed by atoms with Gasteiger partial charge in [-0.2, -0.15) is 5.10 Å². The number of aromatic nitrogens is 5. The summed E-state index contributed by atoms with van der Waals surface area (Å²) >= 11 is 0. The standard InChI is InChI=1S/C11H9N5O2/c1-15-7(2-3-13-15)9-10(11(17)18)16-5-4-12-6-8(16)14-9/h2-6H,1H3,(H,17,18). The van der Waals surface area contributed by atoms with Crippen LogP contribution >= 0.6 is 0 Å². The van der Waals surface area contributed by atoms with Crippen molar-refractivity contribution in [3.05, 3.63) is 36.5 Å². The number of hydrogen-bond donors (Lipinski definition) is 1. The van der Waals surface area contributed by atoms with Gasteiger partial charge in [-0.25, -0.2) is 9.78 Å². The summed E-state index contributed by atoms with van der Waals surface area (Å²) in [6.07, 6.45) is 6.22. The second-order valence-corrected chi connectivity index (χ2v) is 3.76. The molecule has 0 atom stereocenters. The molecule has 3 aromatic heterocycles. The van der Waals surface area contributed by atoms with Gasteiger partial charge in [-0.05, 0) is 6.07 Å². The first-order chi connectivity index (χ1) is 8.68. The Bertz CT molecular complexity index is 743. The van der Waals surface area contributed by atoms with Gasteiger partial charge in [0.1, 0.15) is 5.69 Å². The minimum Gasteiger partial charge on any atom is -0.476 e. The Morgan fingerprint density at radius 1 is 1.39 bits per heavy atom. The molecule has 90 valence electrons. The topological polar surface area (TPSA) is 85.3 Å². The van der Waals surface area contributed by atoms with E-state index in [1.165, 1.54) is 16.8 Å². The molecule has 0 aromatic carbocycles. The fraction of sp³-hybridized carbons (Fsp3) is 0.0909. The van der Waals surface area contributed by atoms with Crippen molar-refractivity contribution < 1.29 is 9.90 Å². The Morgan fingerprint density at radius 2 is 2.22 bits per heavy atom. The molecule has 3 aromatic rings. The maximum atomic E-state index is 11.4. The Hall–Kier alpha value is -2.70. The van der Waals surface area contributed by atoms with Crippen LogP contribution in [0.2, 0.25) is 0 Å². The van der Waals surface area contributed by atoms with Gasteiger partial charge < -0.3 is 5.11 Å². The second kappa shape index (κ2) is 3.66. The van der Waals surface area contributed by atoms with Crippen LogP contribution in [-0.4, -0.2) is 35.2 Å². The first-order valence-corrected chi connectivity index (χ1v) is 5.22. The van der Waals surface area contributed by atoms with Crippen molar-refractivity contribution in [3.63, 3.8) is 0 Å². The third-order valence-electron chi connectivity index (χ3n) is 2.70. The Balaban J connectivity index is 2.39. The lowest BCUT2D eigenvalue weighted by Crippen LogP contribution is -2.05. The fourth-order valence-electron chi connectivity index (χ4n) is 1.90. The summed E-state index contributed by atoms with van der Waals surface area (Å²) < 4.78 is 3.08. The van der Waals surface area contributed by atoms with Crippen molar-refractivity contribution in [2.24, 2.45) is 7.05 Å². The van der Waals surface area contributed by atoms with Gasteiger partial charge in [0, 0.05) is 25.6 Å². The van der Waals surface area contributed by atoms with Gasteiger partial charge in [0.05, 0.1) is 11.9 Å². The van der Waals surface area contributed by atoms with E-state index in [0.29, 0.717) is 17.0 Å². The highest BCUT2D eigenvalue weighted by Gasteiger charge is 2.21. The molecule has 0 aliphatic rings. The van der Waals surface area contributed by atoms with Crippen LogP contribution in [0.3, 0.4) is 0 Å². The van der Waals surface area contributed by atoms with E-state index < -0.39 is 5.97 Å². The summed E-state index contributed by atoms with van der Waals surface area (Å²) in [5.41, 5.74) is 1.63. The number of carboxylic acid groups (broad SMARTS) is 1. The van der Waals surface area contributed by atoms with Crippen LogP contribution in [0.5, 0.6) is 0 Å². The van der Waals surface area contributed by atoms with Crippen molar-refractivity contribution >= 4 is 11.6 Å². The lowest BCUT2D eigenvalue weighted by molar-refractivity contribution is 0.0690. The molecule has 1 N–H and O–H groups in total. The molecule has 0 amide bonds. The van der Waals surface area contributed by atoms with Crippen molar-refractivity contribution in [2.75, 3.05) is 0 Å². The van der Waals surface area contributed by atoms with E-state index in [1.807, 2.05) is 0 Å². The molecule has 0 spiro atoms. The number of carboxylic acids is 1. The molecule has 7 heteroatoms. The number of imidazole rings is 1. The first-order valence-electron chi connectivity index (χ1n) is 5.22. The number of carbonyl (C=O) groups is 1. The number of fused-ring (bicyclic) bond motifs is 1. The van der Waals surface area contributed by atoms with Gasteiger partial charge in [-0.1, -0.05) is 0 Å². The number of rotatable bonds is 2. The molecule has 0 saturated heterocycles. The third kappa shape index (κ3) is 1.37. The lowest BCUT2D eigenvalue weighted by Gasteiger charge is -2.00. The summed E-state index contributed by atoms with van der Waals surface area (Å²) in [4.78, 5) is 19.6. The van der Waals surface area contributed by atoms with E-state index in [2.05, 4.69) is 15.1 Å². The van der Waals surface area contributed by atoms with E-state index in [4.69, 9.17) is 0 Å². The molecule has 0 saturated carbocycles. The highest BCUT2D eigenvalue weighted by molar-refractivity contribution is 5.94. The van der Waals surface area contributed by atoms with Crippen LogP contribution in [0.4, 0.5) is 0 Å². The van der Waals surface area contributed by atoms with Crippen LogP contribution in [0, 0.1) is 0 Å². The first kappa shape index (κ1) is 10.5. The molecule has 0 unspecified atom stereocenters. The highest BCUT2D eigenvalue weighted by atomic mass is 16.4. The van der Waals surface area contributed by atoms with Crippen molar-refractivity contribution in [1.82, 2.24) is 24.1 Å². The quantitative estimate of drug-likeness (QED) is 0.720. The average molecular weight is 243 g/mol. The van der Waals surface area contributed by atoms with Crippen molar-refractivity contribution in [3.8, 4) is 11.4 Å². The summed E-state index contributed by atoms with van der Waals surface area (Å²) in [7, 11) is 1.74. The van der Waals surface area contributed by atoms with Crippen LogP contribution in [-0.2, 0) is 7.05 Å². The SMILES string of the molecule is Cn1nccc1-c1nc2cnccn2c1C(=O)O. The molecule has 0 bridgehead atoms. The monoisotopic (exact) mass is 243 g/mol. The van der Waals surface area contributed by atoms with Gasteiger partial charge >= 0.3 is 5.97 Å². The summed E-state index contributed by atoms with van der Waals surface area (Å²) in [5.74, 6) is -1.04. The van der Waals surface area contributed by atoms with Crippen molar-refractivity contribution in [2.45, 2.75) is 0 Å². The minimum atomic E-state index is -1.04. The Kier molecular flexibility index (Phi) is 2.12. The van der Waals surface area contributed by atoms with E-state index in [-0.39, 0.29) is 5.69 Å². The largest absolute Gasteiger partial charge is 0.476 e. The average Bonchev–Trinajstić information content (AvgIpc) is 2.91. The van der Waals surface area contributed by atoms with Gasteiger partial charge in [0.2, 0.25) is 0 Å². The molecular weight excluding hydrogens is 234 g/mol. The summed E-state index contributed by atoms with van der Waals surface area (Å²) in [5, 5.41) is 13.4. The zero-order valence-corrected chi connectivity index (χ0v) is 9.48. The van der Waals surface area contributed by atoms with E-state index in [9.17, 15) is 9.90 Å². The zero-order chi connectivity index (χ0) is 12.7. The maximum absolute atomic E-state index is 11.4. The molecule has 3 heterocycles. The predicted molar refractivity (Wildman–Crippen MR) is 62.1 cm³/mol. The molecule has 0 radical (unpaired) electrons. The van der Waals surface area contributed by atoms with E-state index in [0.717, 1.165) is 0 Å². The Labute approximate surface area is 101 Å². The molecule has 0 aliphatic heterocycles. The smallest absolute Gasteiger partial charge is 0.355 e. The molecule has 18 heavy (non-hydrogen) atoms. The van der Waals surface area contributed by atoms with Gasteiger partial charge in [0.25, 0.3) is 0 Å². The number of aromatic carboxylic acids is 1. The van der Waals surface area contributed by atoms with Gasteiger partial charge in [-0.15, -0.1) is 0 Å². The zero-order valence-electron chi connectivity index (χ0n) is 9.48. The van der Waals surface area contributed by atoms with Crippen LogP contribution < -0.4 is 0 Å². The third-order valence-corrected chi connectivity index (χ3v) is 2.70. The van der Waals surface area contributed by atoms with Crippen molar-refractivity contribution in [1.29, 1.82) is 0 Å². The van der Waals surface area contributed by atoms with E-state index >= 15 is 0 Å². The van der Waals surface area contributed by atoms with Gasteiger partial charge in [0.15, 0.2) is 11.3 Å². The molecule has 0 aliphatic carbocycles. The molecule has 7 nitrogen and oxygen atoms in total. The summed E-state index contributed by atoms with van der Waals surface area (Å²) in [6, 6.07) is 1.72. The molecule has 0 fully saturated rings. The number of aryl methyl sites for hydroxylation is 1. The van der Waals surface area contributed by atoms with Gasteiger partial charge in [-0.3, -0.25) is 14.1 Å². The predicted octanol–water partition coefficient (Wildman–Crippen LogP) is 0.828. The van der Waals surface area contributed by atoms with Crippen LogP contribution in [0.25, 0.3) is 17.0 Å². The number of hydrogen-bond acceptors (Lipinski definition) is 4. The molecular formula is C11H9N5O2. The lowest BCUT2D eigenvalue weighted by atomic mass is 10.2. The van der Waals surface area contributed by atoms with Crippen LogP contribution in [0.15, 0.2) is 30.9 Å². The highest BCUT2D eigenvalue weighted by Crippen LogP contribution is 2.23. The normalized spacial score (nSPS) is 10.9.